The summed E-state index contributed by atoms with van der Waals surface area (Å²) in [4.78, 5) is 0. The summed E-state index contributed by atoms with van der Waals surface area (Å²) in [7, 11) is 0. The minimum absolute atomic E-state index is 0.521. The number of hydrogen-bond acceptors (Lipinski definition) is 3. The molecular formula is C7H7N5. The number of nitrogens with zero attached hydrogens (tertiary/aromatic N) is 3. The van der Waals surface area contributed by atoms with Gasteiger partial charge in [-0.25, -0.2) is 0 Å². The third-order valence-corrected chi connectivity index (χ3v) is 1.60. The van der Waals surface area contributed by atoms with Gasteiger partial charge in [-0.3, -0.25) is 5.10 Å². The lowest BCUT2D eigenvalue weighted by molar-refractivity contribution is 1.01. The van der Waals surface area contributed by atoms with Crippen molar-refractivity contribution in [3.8, 4) is 0 Å². The lowest BCUT2D eigenvalue weighted by Gasteiger charge is -1.85. The van der Waals surface area contributed by atoms with E-state index in [-0.39, 0.29) is 0 Å². The fourth-order valence-corrected chi connectivity index (χ4v) is 1.08. The third-order valence-electron chi connectivity index (χ3n) is 1.60. The molecular weight excluding hydrogens is 154 g/mol. The lowest BCUT2D eigenvalue weighted by atomic mass is 10.2. The Balaban J connectivity index is 2.70. The molecule has 0 spiro atoms. The van der Waals surface area contributed by atoms with Crippen molar-refractivity contribution >= 4 is 16.7 Å². The molecule has 0 saturated heterocycles. The Morgan fingerprint density at radius 2 is 2.17 bits per heavy atom. The van der Waals surface area contributed by atoms with Crippen LogP contribution >= 0.6 is 0 Å². The van der Waals surface area contributed by atoms with E-state index < -0.39 is 0 Å². The van der Waals surface area contributed by atoms with Gasteiger partial charge in [0.2, 0.25) is 5.82 Å². The number of fused-ring (bicyclic) bond motifs is 1. The summed E-state index contributed by atoms with van der Waals surface area (Å²) in [6, 6.07) is 7.65. The van der Waals surface area contributed by atoms with Gasteiger partial charge < -0.3 is 5.84 Å². The summed E-state index contributed by atoms with van der Waals surface area (Å²) in [6.07, 6.45) is 0. The Morgan fingerprint density at radius 1 is 1.33 bits per heavy atom. The molecule has 0 aliphatic rings. The average molecular weight is 161 g/mol. The molecule has 0 amide bonds. The molecule has 1 heterocycles. The van der Waals surface area contributed by atoms with Crippen molar-refractivity contribution in [1.29, 1.82) is 0 Å². The van der Waals surface area contributed by atoms with Crippen LogP contribution in [0.5, 0.6) is 0 Å². The van der Waals surface area contributed by atoms with Crippen LogP contribution in [0.4, 0.5) is 5.82 Å². The van der Waals surface area contributed by atoms with Gasteiger partial charge in [-0.2, -0.15) is 5.10 Å². The van der Waals surface area contributed by atoms with E-state index in [2.05, 4.69) is 20.5 Å². The summed E-state index contributed by atoms with van der Waals surface area (Å²) in [5, 5.41) is 14.5. The number of nitrogens with two attached hydrogens (primary N) is 1. The number of H-pyrrole nitrogens is 1. The molecule has 60 valence electrons. The molecule has 0 bridgehead atoms. The largest absolute Gasteiger partial charge is 0.305 e. The second-order valence-electron chi connectivity index (χ2n) is 2.31. The fraction of sp³-hybridized carbons (Fsp3) is 0. The van der Waals surface area contributed by atoms with Gasteiger partial charge in [0.15, 0.2) is 0 Å². The third kappa shape index (κ3) is 0.914. The van der Waals surface area contributed by atoms with Gasteiger partial charge in [0.1, 0.15) is 0 Å². The van der Waals surface area contributed by atoms with Crippen LogP contribution in [-0.2, 0) is 0 Å². The predicted molar refractivity (Wildman–Crippen MR) is 44.8 cm³/mol. The Bertz CT molecular complexity index is 416. The smallest absolute Gasteiger partial charge is 0.205 e. The van der Waals surface area contributed by atoms with Crippen LogP contribution in [0.1, 0.15) is 0 Å². The van der Waals surface area contributed by atoms with E-state index in [1.165, 1.54) is 0 Å². The summed E-state index contributed by atoms with van der Waals surface area (Å²) in [5.41, 5.74) is 0.930. The van der Waals surface area contributed by atoms with E-state index in [4.69, 9.17) is 5.84 Å². The topological polar surface area (TPSA) is 79.4 Å². The van der Waals surface area contributed by atoms with Gasteiger partial charge in [0, 0.05) is 5.39 Å². The highest BCUT2D eigenvalue weighted by molar-refractivity contribution is 5.87. The molecule has 1 aromatic carbocycles. The van der Waals surface area contributed by atoms with Crippen LogP contribution in [-0.4, -0.2) is 10.2 Å². The van der Waals surface area contributed by atoms with Crippen molar-refractivity contribution in [2.45, 2.75) is 0 Å². The van der Waals surface area contributed by atoms with E-state index in [0.717, 1.165) is 10.9 Å². The van der Waals surface area contributed by atoms with Gasteiger partial charge in [-0.05, 0) is 12.1 Å². The second kappa shape index (κ2) is 2.61. The molecule has 0 unspecified atom stereocenters. The maximum absolute atomic E-state index is 4.92. The van der Waals surface area contributed by atoms with Gasteiger partial charge in [-0.15, -0.1) is 5.11 Å². The first-order valence-electron chi connectivity index (χ1n) is 3.46. The molecule has 3 N–H and O–H groups in total. The van der Waals surface area contributed by atoms with Gasteiger partial charge in [0.05, 0.1) is 5.52 Å². The Labute approximate surface area is 68.3 Å². The van der Waals surface area contributed by atoms with Crippen molar-refractivity contribution < 1.29 is 0 Å². The van der Waals surface area contributed by atoms with Crippen molar-refractivity contribution in [3.63, 3.8) is 0 Å². The van der Waals surface area contributed by atoms with Crippen molar-refractivity contribution in [2.24, 2.45) is 16.2 Å². The number of nitrogens with one attached hydrogen (secondary N) is 1. The highest BCUT2D eigenvalue weighted by atomic mass is 15.3. The molecule has 0 fully saturated rings. The predicted octanol–water partition coefficient (Wildman–Crippen LogP) is 1.52. The molecule has 2 rings (SSSR count). The quantitative estimate of drug-likeness (QED) is 0.377. The second-order valence-corrected chi connectivity index (χ2v) is 2.31. The highest BCUT2D eigenvalue weighted by Crippen LogP contribution is 2.21. The fourth-order valence-electron chi connectivity index (χ4n) is 1.08. The Morgan fingerprint density at radius 3 is 3.00 bits per heavy atom. The zero-order chi connectivity index (χ0) is 8.39. The SMILES string of the molecule is NN=Nc1n[nH]c2ccccc12. The molecule has 2 aromatic rings. The molecule has 0 aliphatic heterocycles. The minimum atomic E-state index is 0.521. The van der Waals surface area contributed by atoms with Crippen LogP contribution < -0.4 is 5.84 Å². The van der Waals surface area contributed by atoms with E-state index in [1.54, 1.807) is 0 Å². The molecule has 0 aliphatic carbocycles. The molecule has 1 aromatic heterocycles. The number of aromatic amines is 1. The van der Waals surface area contributed by atoms with Crippen LogP contribution in [0.25, 0.3) is 10.9 Å². The molecule has 0 atom stereocenters. The highest BCUT2D eigenvalue weighted by Gasteiger charge is 2.01. The van der Waals surface area contributed by atoms with Gasteiger partial charge in [0.25, 0.3) is 0 Å². The van der Waals surface area contributed by atoms with E-state index in [9.17, 15) is 0 Å². The summed E-state index contributed by atoms with van der Waals surface area (Å²) in [5.74, 6) is 5.44. The van der Waals surface area contributed by atoms with Crippen LogP contribution in [0, 0.1) is 0 Å². The molecule has 5 nitrogen and oxygen atoms in total. The number of benzene rings is 1. The van der Waals surface area contributed by atoms with Crippen molar-refractivity contribution in [3.05, 3.63) is 24.3 Å². The number of para-hydroxylation sites is 1. The maximum atomic E-state index is 4.92. The van der Waals surface area contributed by atoms with E-state index >= 15 is 0 Å². The summed E-state index contributed by atoms with van der Waals surface area (Å²) < 4.78 is 0. The maximum Gasteiger partial charge on any atom is 0.205 e. The van der Waals surface area contributed by atoms with Gasteiger partial charge >= 0.3 is 0 Å². The first kappa shape index (κ1) is 6.78. The van der Waals surface area contributed by atoms with Crippen LogP contribution in [0.3, 0.4) is 0 Å². The zero-order valence-corrected chi connectivity index (χ0v) is 6.23. The molecule has 0 radical (unpaired) electrons. The Hall–Kier alpha value is -1.91. The number of hydrogen-bond donors (Lipinski definition) is 2. The van der Waals surface area contributed by atoms with Crippen LogP contribution in [0.2, 0.25) is 0 Å². The number of aromatic nitrogens is 2. The lowest BCUT2D eigenvalue weighted by Crippen LogP contribution is -1.73. The molecule has 5 heteroatoms. The van der Waals surface area contributed by atoms with E-state index in [0.29, 0.717) is 5.82 Å². The summed E-state index contributed by atoms with van der Waals surface area (Å²) >= 11 is 0. The van der Waals surface area contributed by atoms with Crippen molar-refractivity contribution in [1.82, 2.24) is 10.2 Å². The van der Waals surface area contributed by atoms with Crippen LogP contribution in [0.15, 0.2) is 34.6 Å². The first-order chi connectivity index (χ1) is 5.92. The summed E-state index contributed by atoms with van der Waals surface area (Å²) in [6.45, 7) is 0. The first-order valence-corrected chi connectivity index (χ1v) is 3.46. The molecule has 0 saturated carbocycles. The monoisotopic (exact) mass is 161 g/mol. The Kier molecular flexibility index (Phi) is 1.48. The number of rotatable bonds is 1. The zero-order valence-electron chi connectivity index (χ0n) is 6.23. The molecule has 12 heavy (non-hydrogen) atoms. The minimum Gasteiger partial charge on any atom is -0.305 e. The normalized spacial score (nSPS) is 11.3. The average Bonchev–Trinajstić information content (AvgIpc) is 2.50. The van der Waals surface area contributed by atoms with Gasteiger partial charge in [-0.1, -0.05) is 17.4 Å². The van der Waals surface area contributed by atoms with Crippen molar-refractivity contribution in [2.75, 3.05) is 0 Å². The van der Waals surface area contributed by atoms with E-state index in [1.807, 2.05) is 24.3 Å². The standard InChI is InChI=1S/C7H7N5/c8-12-11-7-5-3-1-2-4-6(5)9-10-7/h1-4H,(H3,8,9,10,11).